The summed E-state index contributed by atoms with van der Waals surface area (Å²) in [5.41, 5.74) is 6.42. The Morgan fingerprint density at radius 3 is 2.41 bits per heavy atom. The number of nitrogens with zero attached hydrogens (tertiary/aromatic N) is 1. The van der Waals surface area contributed by atoms with Crippen molar-refractivity contribution in [3.63, 3.8) is 0 Å². The number of amides is 1. The maximum Gasteiger partial charge on any atom is 0.258 e. The molecule has 1 aliphatic rings. The van der Waals surface area contributed by atoms with Gasteiger partial charge in [-0.25, -0.2) is 0 Å². The zero-order chi connectivity index (χ0) is 20.4. The predicted octanol–water partition coefficient (Wildman–Crippen LogP) is 5.29. The zero-order valence-electron chi connectivity index (χ0n) is 16.4. The number of hydrogen-bond donors (Lipinski definition) is 2. The van der Waals surface area contributed by atoms with Gasteiger partial charge in [-0.1, -0.05) is 48.5 Å². The van der Waals surface area contributed by atoms with Gasteiger partial charge in [0.25, 0.3) is 5.91 Å². The van der Waals surface area contributed by atoms with Gasteiger partial charge in [-0.2, -0.15) is 0 Å². The van der Waals surface area contributed by atoms with Crippen molar-refractivity contribution in [1.29, 1.82) is 0 Å². The first kappa shape index (κ1) is 19.7. The Hall–Kier alpha value is -2.64. The van der Waals surface area contributed by atoms with E-state index in [0.717, 1.165) is 38.3 Å². The summed E-state index contributed by atoms with van der Waals surface area (Å²) in [4.78, 5) is 15.0. The van der Waals surface area contributed by atoms with E-state index in [1.54, 1.807) is 0 Å². The van der Waals surface area contributed by atoms with Crippen LogP contribution in [0.4, 0.5) is 11.4 Å². The van der Waals surface area contributed by atoms with Crippen molar-refractivity contribution < 1.29 is 4.79 Å². The molecule has 1 heterocycles. The third-order valence-corrected chi connectivity index (χ3v) is 5.43. The highest BCUT2D eigenvalue weighted by Gasteiger charge is 2.28. The van der Waals surface area contributed by atoms with Crippen LogP contribution in [0.2, 0.25) is 0 Å². The zero-order valence-corrected chi connectivity index (χ0v) is 18.5. The lowest BCUT2D eigenvalue weighted by Crippen LogP contribution is -2.11. The van der Waals surface area contributed by atoms with E-state index in [9.17, 15) is 4.79 Å². The van der Waals surface area contributed by atoms with Crippen molar-refractivity contribution in [3.8, 4) is 0 Å². The quantitative estimate of drug-likeness (QED) is 0.374. The summed E-state index contributed by atoms with van der Waals surface area (Å²) in [5.74, 6) is -0.0856. The van der Waals surface area contributed by atoms with Gasteiger partial charge in [-0.05, 0) is 72.1 Å². The molecule has 0 saturated heterocycles. The molecule has 1 amide bonds. The average molecular weight is 495 g/mol. The average Bonchev–Trinajstić information content (AvgIpc) is 3.02. The molecule has 0 saturated carbocycles. The molecule has 5 heteroatoms. The predicted molar refractivity (Wildman–Crippen MR) is 129 cm³/mol. The van der Waals surface area contributed by atoms with Gasteiger partial charge in [-0.3, -0.25) is 4.79 Å². The molecule has 3 aromatic rings. The number of benzene rings is 3. The molecule has 3 aromatic carbocycles. The van der Waals surface area contributed by atoms with E-state index < -0.39 is 0 Å². The molecule has 29 heavy (non-hydrogen) atoms. The van der Waals surface area contributed by atoms with Crippen LogP contribution in [0.3, 0.4) is 0 Å². The standard InChI is InChI=1S/C24H22IN3O/c1-28(2)15-16-8-11-19(12-9-16)26-23(17-6-4-3-5-7-17)22-20-13-10-18(25)14-21(20)27-24(22)29/h3-14,26H,15H2,1-2H3,(H,27,29). The van der Waals surface area contributed by atoms with Gasteiger partial charge in [0.05, 0.1) is 17.0 Å². The number of anilines is 2. The Morgan fingerprint density at radius 1 is 1.00 bits per heavy atom. The summed E-state index contributed by atoms with van der Waals surface area (Å²) < 4.78 is 1.09. The topological polar surface area (TPSA) is 44.4 Å². The van der Waals surface area contributed by atoms with Crippen LogP contribution < -0.4 is 10.6 Å². The van der Waals surface area contributed by atoms with Gasteiger partial charge in [0, 0.05) is 21.4 Å². The van der Waals surface area contributed by atoms with E-state index in [1.807, 2.05) is 48.5 Å². The lowest BCUT2D eigenvalue weighted by molar-refractivity contribution is -0.110. The van der Waals surface area contributed by atoms with Gasteiger partial charge < -0.3 is 15.5 Å². The van der Waals surface area contributed by atoms with Gasteiger partial charge in [-0.15, -0.1) is 0 Å². The molecule has 1 aliphatic heterocycles. The third kappa shape index (κ3) is 4.36. The van der Waals surface area contributed by atoms with Crippen molar-refractivity contribution in [3.05, 3.63) is 93.1 Å². The summed E-state index contributed by atoms with van der Waals surface area (Å²) in [6, 6.07) is 24.4. The molecule has 0 fully saturated rings. The molecule has 146 valence electrons. The number of fused-ring (bicyclic) bond motifs is 1. The van der Waals surface area contributed by atoms with E-state index in [-0.39, 0.29) is 5.91 Å². The fourth-order valence-electron chi connectivity index (χ4n) is 3.48. The molecule has 0 atom stereocenters. The Balaban J connectivity index is 1.78. The molecule has 0 aliphatic carbocycles. The highest BCUT2D eigenvalue weighted by Crippen LogP contribution is 2.38. The molecule has 4 nitrogen and oxygen atoms in total. The van der Waals surface area contributed by atoms with Crippen LogP contribution in [0.5, 0.6) is 0 Å². The van der Waals surface area contributed by atoms with Crippen LogP contribution in [0.15, 0.2) is 72.8 Å². The Kier molecular flexibility index (Phi) is 5.69. The highest BCUT2D eigenvalue weighted by atomic mass is 127. The lowest BCUT2D eigenvalue weighted by Gasteiger charge is -2.16. The first-order valence-corrected chi connectivity index (χ1v) is 10.5. The maximum absolute atomic E-state index is 12.9. The SMILES string of the molecule is CN(C)Cc1ccc(NC(=C2C(=O)Nc3cc(I)ccc32)c2ccccc2)cc1. The van der Waals surface area contributed by atoms with Crippen LogP contribution in [-0.4, -0.2) is 24.9 Å². The molecule has 4 rings (SSSR count). The number of hydrogen-bond acceptors (Lipinski definition) is 3. The molecule has 0 radical (unpaired) electrons. The van der Waals surface area contributed by atoms with Crippen LogP contribution in [-0.2, 0) is 11.3 Å². The normalized spacial score (nSPS) is 14.6. The Morgan fingerprint density at radius 2 is 1.72 bits per heavy atom. The van der Waals surface area contributed by atoms with Crippen LogP contribution in [0.25, 0.3) is 11.3 Å². The minimum absolute atomic E-state index is 0.0856. The van der Waals surface area contributed by atoms with Gasteiger partial charge in [0.2, 0.25) is 0 Å². The van der Waals surface area contributed by atoms with E-state index in [0.29, 0.717) is 5.57 Å². The first-order chi connectivity index (χ1) is 14.0. The molecular formula is C24H22IN3O. The minimum Gasteiger partial charge on any atom is -0.354 e. The minimum atomic E-state index is -0.0856. The fraction of sp³-hybridized carbons (Fsp3) is 0.125. The Bertz CT molecular complexity index is 1070. The van der Waals surface area contributed by atoms with E-state index in [4.69, 9.17) is 0 Å². The van der Waals surface area contributed by atoms with E-state index in [2.05, 4.69) is 76.5 Å². The maximum atomic E-state index is 12.9. The number of carbonyl (C=O) groups excluding carboxylic acids is 1. The molecule has 0 aromatic heterocycles. The third-order valence-electron chi connectivity index (χ3n) is 4.76. The summed E-state index contributed by atoms with van der Waals surface area (Å²) in [7, 11) is 4.11. The number of carbonyl (C=O) groups is 1. The molecule has 0 unspecified atom stereocenters. The second-order valence-electron chi connectivity index (χ2n) is 7.32. The first-order valence-electron chi connectivity index (χ1n) is 9.43. The summed E-state index contributed by atoms with van der Waals surface area (Å²) in [6.07, 6.45) is 0. The van der Waals surface area contributed by atoms with Crippen molar-refractivity contribution >= 4 is 51.1 Å². The molecule has 0 spiro atoms. The van der Waals surface area contributed by atoms with E-state index in [1.165, 1.54) is 5.56 Å². The van der Waals surface area contributed by atoms with Crippen LogP contribution in [0, 0.1) is 3.57 Å². The van der Waals surface area contributed by atoms with Crippen molar-refractivity contribution in [2.45, 2.75) is 6.54 Å². The summed E-state index contributed by atoms with van der Waals surface area (Å²) in [5, 5.41) is 6.51. The lowest BCUT2D eigenvalue weighted by atomic mass is 10.00. The second kappa shape index (κ2) is 8.39. The fourth-order valence-corrected chi connectivity index (χ4v) is 3.97. The number of nitrogens with one attached hydrogen (secondary N) is 2. The van der Waals surface area contributed by atoms with Gasteiger partial charge in [0.15, 0.2) is 0 Å². The molecular weight excluding hydrogens is 473 g/mol. The largest absolute Gasteiger partial charge is 0.354 e. The van der Waals surface area contributed by atoms with Crippen LogP contribution in [0.1, 0.15) is 16.7 Å². The number of rotatable bonds is 5. The van der Waals surface area contributed by atoms with Crippen molar-refractivity contribution in [1.82, 2.24) is 4.90 Å². The summed E-state index contributed by atoms with van der Waals surface area (Å²) >= 11 is 2.26. The van der Waals surface area contributed by atoms with Crippen molar-refractivity contribution in [2.75, 3.05) is 24.7 Å². The van der Waals surface area contributed by atoms with E-state index >= 15 is 0 Å². The smallest absolute Gasteiger partial charge is 0.258 e. The van der Waals surface area contributed by atoms with Crippen molar-refractivity contribution in [2.24, 2.45) is 0 Å². The summed E-state index contributed by atoms with van der Waals surface area (Å²) in [6.45, 7) is 0.890. The Labute approximate surface area is 184 Å². The number of halogens is 1. The molecule has 2 N–H and O–H groups in total. The molecule has 0 bridgehead atoms. The second-order valence-corrected chi connectivity index (χ2v) is 8.57. The van der Waals surface area contributed by atoms with Gasteiger partial charge >= 0.3 is 0 Å². The monoisotopic (exact) mass is 495 g/mol. The van der Waals surface area contributed by atoms with Crippen LogP contribution >= 0.6 is 22.6 Å². The van der Waals surface area contributed by atoms with Gasteiger partial charge in [0.1, 0.15) is 0 Å². The highest BCUT2D eigenvalue weighted by molar-refractivity contribution is 14.1.